The van der Waals surface area contributed by atoms with Gasteiger partial charge in [0.05, 0.1) is 11.2 Å². The third-order valence-corrected chi connectivity index (χ3v) is 4.33. The molecule has 0 fully saturated rings. The Balaban J connectivity index is 1.93. The highest BCUT2D eigenvalue weighted by molar-refractivity contribution is 6.02. The summed E-state index contributed by atoms with van der Waals surface area (Å²) >= 11 is 0. The topological polar surface area (TPSA) is 98.5 Å². The monoisotopic (exact) mass is 420 g/mol. The van der Waals surface area contributed by atoms with Crippen molar-refractivity contribution >= 4 is 22.5 Å². The van der Waals surface area contributed by atoms with Crippen LogP contribution in [-0.4, -0.2) is 41.5 Å². The molecule has 0 aliphatic heterocycles. The second-order valence-electron chi connectivity index (χ2n) is 7.07. The quantitative estimate of drug-likeness (QED) is 0.448. The van der Waals surface area contributed by atoms with Crippen molar-refractivity contribution in [1.29, 1.82) is 5.26 Å². The van der Waals surface area contributed by atoms with Crippen LogP contribution < -0.4 is 10.1 Å². The van der Waals surface area contributed by atoms with Gasteiger partial charge in [-0.1, -0.05) is 18.2 Å². The minimum atomic E-state index is -0.414. The molecule has 31 heavy (non-hydrogen) atoms. The van der Waals surface area contributed by atoms with Crippen molar-refractivity contribution in [3.05, 3.63) is 71.7 Å². The molecule has 0 unspecified atom stereocenters. The number of nitrogens with zero attached hydrogens (tertiary/aromatic N) is 3. The van der Waals surface area contributed by atoms with Crippen molar-refractivity contribution in [3.63, 3.8) is 0 Å². The molecule has 0 aliphatic rings. The van der Waals surface area contributed by atoms with E-state index in [4.69, 9.17) is 4.74 Å². The number of halogens is 1. The van der Waals surface area contributed by atoms with Crippen LogP contribution in [0.25, 0.3) is 10.9 Å². The number of likely N-dealkylation sites (N-methyl/N-ethyl adjacent to an activating group) is 1. The summed E-state index contributed by atoms with van der Waals surface area (Å²) in [7, 11) is 3.76. The Bertz CT molecular complexity index is 1190. The van der Waals surface area contributed by atoms with Crippen LogP contribution >= 0.6 is 0 Å². The lowest BCUT2D eigenvalue weighted by molar-refractivity contribution is -0.111. The Labute approximate surface area is 179 Å². The maximum absolute atomic E-state index is 13.4. The maximum Gasteiger partial charge on any atom is 0.248 e. The molecule has 2 aromatic carbocycles. The average Bonchev–Trinajstić information content (AvgIpc) is 2.72. The number of carbonyl (C=O) groups excluding carboxylic acids is 1. The predicted octanol–water partition coefficient (Wildman–Crippen LogP) is 3.59. The number of nitrogens with one attached hydrogen (secondary N) is 1. The molecule has 0 saturated heterocycles. The summed E-state index contributed by atoms with van der Waals surface area (Å²) in [6, 6.07) is 10.8. The lowest BCUT2D eigenvalue weighted by Gasteiger charge is -2.13. The number of benzene rings is 2. The fourth-order valence-electron chi connectivity index (χ4n) is 2.87. The summed E-state index contributed by atoms with van der Waals surface area (Å²) in [5.74, 6) is -0.743. The number of aromatic nitrogens is 1. The van der Waals surface area contributed by atoms with Crippen molar-refractivity contribution in [2.24, 2.45) is 0 Å². The van der Waals surface area contributed by atoms with E-state index in [1.165, 1.54) is 36.5 Å². The van der Waals surface area contributed by atoms with Crippen LogP contribution in [0.4, 0.5) is 10.1 Å². The van der Waals surface area contributed by atoms with Crippen LogP contribution in [-0.2, 0) is 11.4 Å². The third-order valence-electron chi connectivity index (χ3n) is 4.33. The van der Waals surface area contributed by atoms with Gasteiger partial charge in [-0.3, -0.25) is 9.78 Å². The zero-order chi connectivity index (χ0) is 22.4. The van der Waals surface area contributed by atoms with E-state index in [1.54, 1.807) is 18.2 Å². The van der Waals surface area contributed by atoms with Gasteiger partial charge in [-0.05, 0) is 37.9 Å². The molecule has 1 aromatic heterocycles. The van der Waals surface area contributed by atoms with Crippen LogP contribution in [0.15, 0.2) is 54.7 Å². The van der Waals surface area contributed by atoms with Gasteiger partial charge in [-0.25, -0.2) is 4.39 Å². The van der Waals surface area contributed by atoms with E-state index in [1.807, 2.05) is 25.1 Å². The van der Waals surface area contributed by atoms with Gasteiger partial charge in [0, 0.05) is 30.3 Å². The molecule has 0 saturated carbocycles. The number of aromatic hydroxyl groups is 1. The Hall–Kier alpha value is -3.96. The molecule has 0 bridgehead atoms. The van der Waals surface area contributed by atoms with Crippen molar-refractivity contribution < 1.29 is 19.0 Å². The smallest absolute Gasteiger partial charge is 0.248 e. The minimum absolute atomic E-state index is 0.0292. The molecule has 3 rings (SSSR count). The maximum atomic E-state index is 13.4. The first-order valence-corrected chi connectivity index (χ1v) is 9.42. The molecule has 1 amide bonds. The van der Waals surface area contributed by atoms with Gasteiger partial charge >= 0.3 is 0 Å². The number of ether oxygens (including phenoxy) is 1. The summed E-state index contributed by atoms with van der Waals surface area (Å²) in [6.45, 7) is 0.617. The van der Waals surface area contributed by atoms with E-state index in [0.717, 1.165) is 0 Å². The van der Waals surface area contributed by atoms with Crippen LogP contribution in [0.5, 0.6) is 11.5 Å². The highest BCUT2D eigenvalue weighted by atomic mass is 19.1. The number of nitriles is 1. The van der Waals surface area contributed by atoms with Gasteiger partial charge in [0.25, 0.3) is 0 Å². The van der Waals surface area contributed by atoms with Gasteiger partial charge in [0.15, 0.2) is 0 Å². The average molecular weight is 420 g/mol. The van der Waals surface area contributed by atoms with Crippen LogP contribution in [0, 0.1) is 17.1 Å². The number of phenols is 1. The zero-order valence-electron chi connectivity index (χ0n) is 17.1. The normalized spacial score (nSPS) is 11.1. The number of carbonyl (C=O) groups is 1. The van der Waals surface area contributed by atoms with Gasteiger partial charge in [0.1, 0.15) is 35.6 Å². The molecular weight excluding hydrogens is 399 g/mol. The number of pyridine rings is 1. The number of rotatable bonds is 7. The Morgan fingerprint density at radius 2 is 2.16 bits per heavy atom. The second-order valence-corrected chi connectivity index (χ2v) is 7.07. The number of phenolic OH excluding ortho intramolecular Hbond substituents is 1. The number of hydrogen-bond acceptors (Lipinski definition) is 6. The number of anilines is 1. The molecular formula is C23H21FN4O3. The molecule has 0 aliphatic carbocycles. The van der Waals surface area contributed by atoms with Crippen LogP contribution in [0.3, 0.4) is 0 Å². The molecule has 8 heteroatoms. The molecule has 158 valence electrons. The van der Waals surface area contributed by atoms with Gasteiger partial charge in [-0.2, -0.15) is 5.26 Å². The standard InChI is InChI=1S/C23H21FN4O3/c1-28(2)8-4-7-22(30)27-20-10-18-19(11-21(20)29)26-13-16(12-25)23(18)31-14-15-5-3-6-17(24)9-15/h3-7,9-11,13,29H,8,14H2,1-2H3,(H,27,30)/b7-4+. The van der Waals surface area contributed by atoms with E-state index >= 15 is 0 Å². The van der Waals surface area contributed by atoms with E-state index in [0.29, 0.717) is 23.0 Å². The van der Waals surface area contributed by atoms with Crippen molar-refractivity contribution in [2.75, 3.05) is 26.0 Å². The van der Waals surface area contributed by atoms with E-state index in [9.17, 15) is 19.6 Å². The Morgan fingerprint density at radius 1 is 1.35 bits per heavy atom. The van der Waals surface area contributed by atoms with Crippen LogP contribution in [0.1, 0.15) is 11.1 Å². The molecule has 0 atom stereocenters. The first-order valence-electron chi connectivity index (χ1n) is 9.42. The molecule has 0 radical (unpaired) electrons. The SMILES string of the molecule is CN(C)C/C=C/C(=O)Nc1cc2c(OCc3cccc(F)c3)c(C#N)cnc2cc1O. The number of hydrogen-bond donors (Lipinski definition) is 2. The highest BCUT2D eigenvalue weighted by Crippen LogP contribution is 2.35. The van der Waals surface area contributed by atoms with Crippen molar-refractivity contribution in [3.8, 4) is 17.6 Å². The van der Waals surface area contributed by atoms with Crippen molar-refractivity contribution in [1.82, 2.24) is 9.88 Å². The fourth-order valence-corrected chi connectivity index (χ4v) is 2.87. The summed E-state index contributed by atoms with van der Waals surface area (Å²) in [4.78, 5) is 18.2. The Morgan fingerprint density at radius 3 is 2.87 bits per heavy atom. The molecule has 7 nitrogen and oxygen atoms in total. The summed E-state index contributed by atoms with van der Waals surface area (Å²) in [5, 5.41) is 22.8. The third kappa shape index (κ3) is 5.56. The highest BCUT2D eigenvalue weighted by Gasteiger charge is 2.15. The van der Waals surface area contributed by atoms with E-state index in [-0.39, 0.29) is 29.4 Å². The zero-order valence-corrected chi connectivity index (χ0v) is 17.1. The molecule has 3 aromatic rings. The van der Waals surface area contributed by atoms with Crippen molar-refractivity contribution in [2.45, 2.75) is 6.61 Å². The van der Waals surface area contributed by atoms with Gasteiger partial charge < -0.3 is 20.1 Å². The second kappa shape index (κ2) is 9.69. The van der Waals surface area contributed by atoms with Gasteiger partial charge in [-0.15, -0.1) is 0 Å². The Kier molecular flexibility index (Phi) is 6.80. The van der Waals surface area contributed by atoms with Crippen LogP contribution in [0.2, 0.25) is 0 Å². The molecule has 1 heterocycles. The first kappa shape index (κ1) is 21.7. The molecule has 2 N–H and O–H groups in total. The summed E-state index contributed by atoms with van der Waals surface area (Å²) in [6.07, 6.45) is 4.40. The van der Waals surface area contributed by atoms with Gasteiger partial charge in [0.2, 0.25) is 5.91 Å². The number of amides is 1. The lowest BCUT2D eigenvalue weighted by Crippen LogP contribution is -2.13. The summed E-state index contributed by atoms with van der Waals surface area (Å²) in [5.41, 5.74) is 1.30. The first-order chi connectivity index (χ1) is 14.9. The largest absolute Gasteiger partial charge is 0.506 e. The lowest BCUT2D eigenvalue weighted by atomic mass is 10.1. The van der Waals surface area contributed by atoms with E-state index in [2.05, 4.69) is 10.3 Å². The van der Waals surface area contributed by atoms with E-state index < -0.39 is 11.7 Å². The predicted molar refractivity (Wildman–Crippen MR) is 115 cm³/mol. The minimum Gasteiger partial charge on any atom is -0.506 e. The fraction of sp³-hybridized carbons (Fsp3) is 0.174. The number of fused-ring (bicyclic) bond motifs is 1. The molecule has 0 spiro atoms. The summed E-state index contributed by atoms with van der Waals surface area (Å²) < 4.78 is 19.3.